The molecule has 2 rings (SSSR count). The minimum absolute atomic E-state index is 0. The number of carbonyl (C=O) groups is 1. The van der Waals surface area contributed by atoms with Crippen molar-refractivity contribution in [3.05, 3.63) is 23.2 Å². The monoisotopic (exact) mass is 302 g/mol. The molecule has 0 aliphatic carbocycles. The molecule has 0 saturated carbocycles. The van der Waals surface area contributed by atoms with Crippen LogP contribution in [0.4, 0.5) is 0 Å². The van der Waals surface area contributed by atoms with Gasteiger partial charge in [0, 0.05) is 6.54 Å². The Hall–Kier alpha value is -1.04. The van der Waals surface area contributed by atoms with Crippen LogP contribution in [0, 0.1) is 12.8 Å². The summed E-state index contributed by atoms with van der Waals surface area (Å²) in [7, 11) is 3.37. The standard InChI is InChI=1S/C14H22N2O3.ClH/c1-10-13(14(17)18-3)6-12(19-10)9-16-5-4-11(8-16)7-15-2;/h6,11,15H,4-5,7-9H2,1-3H3;1H. The second-order valence-corrected chi connectivity index (χ2v) is 5.12. The number of carbonyl (C=O) groups excluding carboxylic acids is 1. The number of hydrogen-bond acceptors (Lipinski definition) is 5. The molecule has 6 heteroatoms. The second-order valence-electron chi connectivity index (χ2n) is 5.12. The Balaban J connectivity index is 0.00000200. The molecule has 0 amide bonds. The van der Waals surface area contributed by atoms with Crippen molar-refractivity contribution in [2.45, 2.75) is 19.9 Å². The van der Waals surface area contributed by atoms with E-state index in [0.717, 1.165) is 31.9 Å². The van der Waals surface area contributed by atoms with Crippen molar-refractivity contribution in [3.8, 4) is 0 Å². The van der Waals surface area contributed by atoms with Crippen molar-refractivity contribution < 1.29 is 13.9 Å². The van der Waals surface area contributed by atoms with Crippen molar-refractivity contribution in [2.75, 3.05) is 33.8 Å². The first kappa shape index (κ1) is 17.0. The number of halogens is 1. The summed E-state index contributed by atoms with van der Waals surface area (Å²) in [5, 5.41) is 3.22. The summed E-state index contributed by atoms with van der Waals surface area (Å²) in [6.07, 6.45) is 1.21. The molecule has 1 aliphatic heterocycles. The van der Waals surface area contributed by atoms with Gasteiger partial charge in [0.05, 0.1) is 13.7 Å². The Kier molecular flexibility index (Phi) is 6.52. The molecular formula is C14H23ClN2O3. The largest absolute Gasteiger partial charge is 0.465 e. The third-order valence-electron chi connectivity index (χ3n) is 3.62. The zero-order chi connectivity index (χ0) is 13.8. The third kappa shape index (κ3) is 3.98. The number of methoxy groups -OCH3 is 1. The number of nitrogens with zero attached hydrogens (tertiary/aromatic N) is 1. The number of hydrogen-bond donors (Lipinski definition) is 1. The maximum absolute atomic E-state index is 11.5. The van der Waals surface area contributed by atoms with E-state index in [1.165, 1.54) is 13.5 Å². The Morgan fingerprint density at radius 1 is 1.60 bits per heavy atom. The number of nitrogens with one attached hydrogen (secondary N) is 1. The lowest BCUT2D eigenvalue weighted by Crippen LogP contribution is -2.24. The zero-order valence-electron chi connectivity index (χ0n) is 12.3. The predicted molar refractivity (Wildman–Crippen MR) is 79.3 cm³/mol. The summed E-state index contributed by atoms with van der Waals surface area (Å²) < 4.78 is 10.4. The van der Waals surface area contributed by atoms with Crippen LogP contribution in [0.5, 0.6) is 0 Å². The number of esters is 1. The molecule has 1 unspecified atom stereocenters. The SMILES string of the molecule is CNCC1CCN(Cc2cc(C(=O)OC)c(C)o2)C1.Cl. The lowest BCUT2D eigenvalue weighted by Gasteiger charge is -2.14. The van der Waals surface area contributed by atoms with Gasteiger partial charge < -0.3 is 14.5 Å². The molecule has 5 nitrogen and oxygen atoms in total. The average Bonchev–Trinajstić information content (AvgIpc) is 2.96. The van der Waals surface area contributed by atoms with Crippen LogP contribution in [0.1, 0.15) is 28.3 Å². The summed E-state index contributed by atoms with van der Waals surface area (Å²) >= 11 is 0. The fourth-order valence-electron chi connectivity index (χ4n) is 2.67. The molecule has 0 radical (unpaired) electrons. The molecule has 0 spiro atoms. The summed E-state index contributed by atoms with van der Waals surface area (Å²) in [4.78, 5) is 13.9. The maximum atomic E-state index is 11.5. The summed E-state index contributed by atoms with van der Waals surface area (Å²) in [6, 6.07) is 1.80. The van der Waals surface area contributed by atoms with Gasteiger partial charge in [0.25, 0.3) is 0 Å². The first-order chi connectivity index (χ1) is 9.13. The minimum atomic E-state index is -0.331. The normalized spacial score (nSPS) is 18.9. The van der Waals surface area contributed by atoms with Gasteiger partial charge in [-0.05, 0) is 45.5 Å². The Labute approximate surface area is 126 Å². The lowest BCUT2D eigenvalue weighted by atomic mass is 10.1. The average molecular weight is 303 g/mol. The van der Waals surface area contributed by atoms with E-state index in [2.05, 4.69) is 10.2 Å². The lowest BCUT2D eigenvalue weighted by molar-refractivity contribution is 0.0599. The molecule has 1 aromatic heterocycles. The predicted octanol–water partition coefficient (Wildman–Crippen LogP) is 1.84. The molecule has 0 bridgehead atoms. The van der Waals surface area contributed by atoms with Gasteiger partial charge in [-0.15, -0.1) is 12.4 Å². The highest BCUT2D eigenvalue weighted by Gasteiger charge is 2.23. The second kappa shape index (κ2) is 7.67. The van der Waals surface area contributed by atoms with Gasteiger partial charge in [-0.3, -0.25) is 4.90 Å². The van der Waals surface area contributed by atoms with Crippen molar-refractivity contribution in [1.29, 1.82) is 0 Å². The van der Waals surface area contributed by atoms with Crippen LogP contribution in [0.25, 0.3) is 0 Å². The highest BCUT2D eigenvalue weighted by Crippen LogP contribution is 2.21. The number of likely N-dealkylation sites (tertiary alicyclic amines) is 1. The molecule has 1 saturated heterocycles. The number of rotatable bonds is 5. The van der Waals surface area contributed by atoms with Crippen LogP contribution in [0.2, 0.25) is 0 Å². The topological polar surface area (TPSA) is 54.7 Å². The van der Waals surface area contributed by atoms with Crippen LogP contribution < -0.4 is 5.32 Å². The highest BCUT2D eigenvalue weighted by atomic mass is 35.5. The van der Waals surface area contributed by atoms with Gasteiger partial charge in [-0.1, -0.05) is 0 Å². The highest BCUT2D eigenvalue weighted by molar-refractivity contribution is 5.90. The molecule has 1 aliphatic rings. The molecule has 114 valence electrons. The Morgan fingerprint density at radius 2 is 2.35 bits per heavy atom. The van der Waals surface area contributed by atoms with Gasteiger partial charge in [0.15, 0.2) is 0 Å². The van der Waals surface area contributed by atoms with Gasteiger partial charge in [-0.25, -0.2) is 4.79 Å². The van der Waals surface area contributed by atoms with E-state index in [9.17, 15) is 4.79 Å². The van der Waals surface area contributed by atoms with Crippen LogP contribution >= 0.6 is 12.4 Å². The van der Waals surface area contributed by atoms with Crippen molar-refractivity contribution in [2.24, 2.45) is 5.92 Å². The molecule has 1 atom stereocenters. The van der Waals surface area contributed by atoms with E-state index in [0.29, 0.717) is 17.2 Å². The van der Waals surface area contributed by atoms with E-state index < -0.39 is 0 Å². The van der Waals surface area contributed by atoms with E-state index in [1.54, 1.807) is 13.0 Å². The quantitative estimate of drug-likeness (QED) is 0.841. The fraction of sp³-hybridized carbons (Fsp3) is 0.643. The molecule has 1 aromatic rings. The van der Waals surface area contributed by atoms with Crippen molar-refractivity contribution in [1.82, 2.24) is 10.2 Å². The summed E-state index contributed by atoms with van der Waals surface area (Å²) in [5.74, 6) is 1.85. The zero-order valence-corrected chi connectivity index (χ0v) is 13.1. The van der Waals surface area contributed by atoms with E-state index in [-0.39, 0.29) is 18.4 Å². The van der Waals surface area contributed by atoms with Gasteiger partial charge >= 0.3 is 5.97 Å². The minimum Gasteiger partial charge on any atom is -0.465 e. The molecule has 1 N–H and O–H groups in total. The maximum Gasteiger partial charge on any atom is 0.341 e. The molecule has 20 heavy (non-hydrogen) atoms. The van der Waals surface area contributed by atoms with Crippen molar-refractivity contribution in [3.63, 3.8) is 0 Å². The van der Waals surface area contributed by atoms with E-state index in [1.807, 2.05) is 7.05 Å². The first-order valence-corrected chi connectivity index (χ1v) is 6.68. The Morgan fingerprint density at radius 3 is 3.00 bits per heavy atom. The molecule has 2 heterocycles. The number of furan rings is 1. The van der Waals surface area contributed by atoms with Crippen molar-refractivity contribution >= 4 is 18.4 Å². The third-order valence-corrected chi connectivity index (χ3v) is 3.62. The van der Waals surface area contributed by atoms with E-state index in [4.69, 9.17) is 9.15 Å². The van der Waals surface area contributed by atoms with Gasteiger partial charge in [0.2, 0.25) is 0 Å². The first-order valence-electron chi connectivity index (χ1n) is 6.68. The number of aryl methyl sites for hydroxylation is 1. The molecular weight excluding hydrogens is 280 g/mol. The van der Waals surface area contributed by atoms with Crippen LogP contribution in [0.15, 0.2) is 10.5 Å². The summed E-state index contributed by atoms with van der Waals surface area (Å²) in [5.41, 5.74) is 0.531. The number of ether oxygens (including phenoxy) is 1. The molecule has 0 aromatic carbocycles. The van der Waals surface area contributed by atoms with Crippen LogP contribution in [0.3, 0.4) is 0 Å². The smallest absolute Gasteiger partial charge is 0.341 e. The van der Waals surface area contributed by atoms with Gasteiger partial charge in [0.1, 0.15) is 17.1 Å². The van der Waals surface area contributed by atoms with E-state index >= 15 is 0 Å². The summed E-state index contributed by atoms with van der Waals surface area (Å²) in [6.45, 7) is 5.77. The van der Waals surface area contributed by atoms with Gasteiger partial charge in [-0.2, -0.15) is 0 Å². The van der Waals surface area contributed by atoms with Crippen LogP contribution in [-0.4, -0.2) is 44.7 Å². The Bertz CT molecular complexity index is 448. The van der Waals surface area contributed by atoms with Crippen LogP contribution in [-0.2, 0) is 11.3 Å². The molecule has 1 fully saturated rings. The fourth-order valence-corrected chi connectivity index (χ4v) is 2.67.